The SMILES string of the molecule is CCN(CC)CCN(C(=O)COc1ccc(Cl)cc1Cl)c1nc2c(OC)ccc(Cl)c2s1.Cl. The lowest BCUT2D eigenvalue weighted by Gasteiger charge is -2.24. The normalized spacial score (nSPS) is 10.9. The Bertz CT molecular complexity index is 1090. The molecule has 1 amide bonds. The second-order valence-corrected chi connectivity index (χ2v) is 9.09. The molecule has 0 aliphatic rings. The van der Waals surface area contributed by atoms with Gasteiger partial charge in [0, 0.05) is 18.1 Å². The van der Waals surface area contributed by atoms with Crippen molar-refractivity contribution in [3.63, 3.8) is 0 Å². The number of aromatic nitrogens is 1. The van der Waals surface area contributed by atoms with Crippen LogP contribution in [0.3, 0.4) is 0 Å². The lowest BCUT2D eigenvalue weighted by atomic mass is 10.3. The van der Waals surface area contributed by atoms with E-state index < -0.39 is 0 Å². The number of hydrogen-bond acceptors (Lipinski definition) is 6. The zero-order valence-electron chi connectivity index (χ0n) is 18.4. The number of methoxy groups -OCH3 is 1. The van der Waals surface area contributed by atoms with E-state index >= 15 is 0 Å². The number of hydrogen-bond donors (Lipinski definition) is 0. The summed E-state index contributed by atoms with van der Waals surface area (Å²) in [6.07, 6.45) is 0. The lowest BCUT2D eigenvalue weighted by molar-refractivity contribution is -0.120. The van der Waals surface area contributed by atoms with Gasteiger partial charge in [0.05, 0.1) is 21.9 Å². The summed E-state index contributed by atoms with van der Waals surface area (Å²) in [5.41, 5.74) is 0.627. The Labute approximate surface area is 218 Å². The van der Waals surface area contributed by atoms with Gasteiger partial charge in [-0.1, -0.05) is 60.0 Å². The van der Waals surface area contributed by atoms with E-state index in [1.807, 2.05) is 0 Å². The number of thiazole rings is 1. The van der Waals surface area contributed by atoms with Crippen LogP contribution in [0.2, 0.25) is 15.1 Å². The van der Waals surface area contributed by atoms with Gasteiger partial charge in [0.25, 0.3) is 5.91 Å². The smallest absolute Gasteiger partial charge is 0.266 e. The number of anilines is 1. The molecule has 3 aromatic rings. The molecule has 33 heavy (non-hydrogen) atoms. The van der Waals surface area contributed by atoms with Crippen LogP contribution in [0, 0.1) is 0 Å². The molecule has 180 valence electrons. The maximum atomic E-state index is 13.2. The van der Waals surface area contributed by atoms with Crippen molar-refractivity contribution < 1.29 is 14.3 Å². The highest BCUT2D eigenvalue weighted by molar-refractivity contribution is 7.23. The van der Waals surface area contributed by atoms with E-state index in [1.165, 1.54) is 11.3 Å². The summed E-state index contributed by atoms with van der Waals surface area (Å²) in [5.74, 6) is 0.756. The summed E-state index contributed by atoms with van der Waals surface area (Å²) >= 11 is 19.8. The molecule has 0 radical (unpaired) electrons. The van der Waals surface area contributed by atoms with Crippen LogP contribution in [0.5, 0.6) is 11.5 Å². The number of ether oxygens (including phenoxy) is 2. The highest BCUT2D eigenvalue weighted by Crippen LogP contribution is 2.38. The van der Waals surface area contributed by atoms with Crippen LogP contribution < -0.4 is 14.4 Å². The predicted octanol–water partition coefficient (Wildman–Crippen LogP) is 6.44. The third-order valence-corrected chi connectivity index (χ3v) is 7.05. The number of rotatable bonds is 10. The Hall–Kier alpha value is -1.48. The Kier molecular flexibility index (Phi) is 10.8. The summed E-state index contributed by atoms with van der Waals surface area (Å²) in [4.78, 5) is 21.8. The molecule has 0 bridgehead atoms. The fourth-order valence-electron chi connectivity index (χ4n) is 3.14. The first-order chi connectivity index (χ1) is 15.4. The van der Waals surface area contributed by atoms with E-state index in [0.29, 0.717) is 50.3 Å². The topological polar surface area (TPSA) is 54.9 Å². The molecular formula is C22H25Cl4N3O3S. The van der Waals surface area contributed by atoms with Gasteiger partial charge in [0.2, 0.25) is 0 Å². The Morgan fingerprint density at radius 1 is 1.03 bits per heavy atom. The number of likely N-dealkylation sites (N-methyl/N-ethyl adjacent to an activating group) is 1. The van der Waals surface area contributed by atoms with Crippen LogP contribution in [-0.2, 0) is 4.79 Å². The van der Waals surface area contributed by atoms with Crippen LogP contribution in [0.25, 0.3) is 10.2 Å². The molecule has 2 aromatic carbocycles. The van der Waals surface area contributed by atoms with Crippen molar-refractivity contribution in [3.8, 4) is 11.5 Å². The second-order valence-electron chi connectivity index (χ2n) is 6.86. The van der Waals surface area contributed by atoms with Crippen molar-refractivity contribution in [2.45, 2.75) is 13.8 Å². The first-order valence-electron chi connectivity index (χ1n) is 10.1. The zero-order valence-corrected chi connectivity index (χ0v) is 22.3. The minimum absolute atomic E-state index is 0. The quantitative estimate of drug-likeness (QED) is 0.289. The molecule has 3 rings (SSSR count). The van der Waals surface area contributed by atoms with Crippen molar-refractivity contribution in [2.75, 3.05) is 44.8 Å². The molecule has 1 aromatic heterocycles. The molecule has 0 atom stereocenters. The van der Waals surface area contributed by atoms with Gasteiger partial charge < -0.3 is 14.4 Å². The van der Waals surface area contributed by atoms with E-state index in [4.69, 9.17) is 44.3 Å². The molecule has 0 aliphatic heterocycles. The van der Waals surface area contributed by atoms with E-state index in [9.17, 15) is 4.79 Å². The first kappa shape index (κ1) is 27.8. The number of nitrogens with zero attached hydrogens (tertiary/aromatic N) is 3. The van der Waals surface area contributed by atoms with E-state index in [-0.39, 0.29) is 24.9 Å². The summed E-state index contributed by atoms with van der Waals surface area (Å²) in [5, 5.41) is 1.94. The summed E-state index contributed by atoms with van der Waals surface area (Å²) in [7, 11) is 1.58. The molecule has 0 N–H and O–H groups in total. The minimum atomic E-state index is -0.239. The molecule has 1 heterocycles. The van der Waals surface area contributed by atoms with Crippen LogP contribution in [0.4, 0.5) is 5.13 Å². The maximum absolute atomic E-state index is 13.2. The van der Waals surface area contributed by atoms with Gasteiger partial charge in [-0.25, -0.2) is 4.98 Å². The molecule has 0 spiro atoms. The Morgan fingerprint density at radius 3 is 2.36 bits per heavy atom. The predicted molar refractivity (Wildman–Crippen MR) is 141 cm³/mol. The van der Waals surface area contributed by atoms with Gasteiger partial charge in [-0.3, -0.25) is 9.69 Å². The van der Waals surface area contributed by atoms with Gasteiger partial charge in [0.15, 0.2) is 11.7 Å². The van der Waals surface area contributed by atoms with Crippen LogP contribution >= 0.6 is 58.5 Å². The van der Waals surface area contributed by atoms with Gasteiger partial charge >= 0.3 is 0 Å². The van der Waals surface area contributed by atoms with Crippen molar-refractivity contribution in [2.24, 2.45) is 0 Å². The molecule has 6 nitrogen and oxygen atoms in total. The second kappa shape index (κ2) is 12.8. The largest absolute Gasteiger partial charge is 0.494 e. The van der Waals surface area contributed by atoms with Gasteiger partial charge in [0.1, 0.15) is 17.0 Å². The molecule has 0 unspecified atom stereocenters. The first-order valence-corrected chi connectivity index (χ1v) is 12.1. The summed E-state index contributed by atoms with van der Waals surface area (Å²) < 4.78 is 11.9. The summed E-state index contributed by atoms with van der Waals surface area (Å²) in [6, 6.07) is 8.40. The molecule has 11 heteroatoms. The third-order valence-electron chi connectivity index (χ3n) is 4.98. The van der Waals surface area contributed by atoms with Crippen molar-refractivity contribution in [3.05, 3.63) is 45.4 Å². The number of halogens is 4. The zero-order chi connectivity index (χ0) is 23.3. The van der Waals surface area contributed by atoms with Crippen molar-refractivity contribution in [1.82, 2.24) is 9.88 Å². The molecule has 0 aliphatic carbocycles. The van der Waals surface area contributed by atoms with Crippen LogP contribution in [0.1, 0.15) is 13.8 Å². The number of amides is 1. The van der Waals surface area contributed by atoms with Gasteiger partial charge in [-0.15, -0.1) is 12.4 Å². The molecular weight excluding hydrogens is 528 g/mol. The van der Waals surface area contributed by atoms with Gasteiger partial charge in [-0.2, -0.15) is 0 Å². The monoisotopic (exact) mass is 551 g/mol. The van der Waals surface area contributed by atoms with Gasteiger partial charge in [-0.05, 0) is 43.4 Å². The average molecular weight is 553 g/mol. The van der Waals surface area contributed by atoms with Crippen LogP contribution in [0.15, 0.2) is 30.3 Å². The lowest BCUT2D eigenvalue weighted by Crippen LogP contribution is -2.41. The van der Waals surface area contributed by atoms with Crippen molar-refractivity contribution >= 4 is 79.8 Å². The summed E-state index contributed by atoms with van der Waals surface area (Å²) in [6.45, 7) is 6.90. The minimum Gasteiger partial charge on any atom is -0.494 e. The number of carbonyl (C=O) groups excluding carboxylic acids is 1. The molecule has 0 saturated carbocycles. The highest BCUT2D eigenvalue weighted by atomic mass is 35.5. The van der Waals surface area contributed by atoms with E-state index in [0.717, 1.165) is 17.8 Å². The maximum Gasteiger partial charge on any atom is 0.266 e. The molecule has 0 saturated heterocycles. The number of carbonyl (C=O) groups is 1. The fourth-order valence-corrected chi connectivity index (χ4v) is 4.90. The van der Waals surface area contributed by atoms with Crippen LogP contribution in [-0.4, -0.2) is 55.7 Å². The Morgan fingerprint density at radius 2 is 1.73 bits per heavy atom. The highest BCUT2D eigenvalue weighted by Gasteiger charge is 2.23. The fraction of sp³-hybridized carbons (Fsp3) is 0.364. The Balaban J connectivity index is 0.00000385. The number of benzene rings is 2. The van der Waals surface area contributed by atoms with E-state index in [2.05, 4.69) is 23.7 Å². The average Bonchev–Trinajstić information content (AvgIpc) is 3.22. The van der Waals surface area contributed by atoms with E-state index in [1.54, 1.807) is 42.3 Å². The number of fused-ring (bicyclic) bond motifs is 1. The standard InChI is InChI=1S/C22H24Cl3N3O3S.ClH/c1-4-27(5-2)10-11-28(19(29)13-31-17-8-6-14(23)12-16(17)25)22-26-20-18(30-3)9-7-15(24)21(20)32-22;/h6-9,12H,4-5,10-11,13H2,1-3H3;1H. The van der Waals surface area contributed by atoms with Crippen molar-refractivity contribution in [1.29, 1.82) is 0 Å². The molecule has 0 fully saturated rings. The third kappa shape index (κ3) is 6.78.